The molecule has 3 heterocycles. The van der Waals surface area contributed by atoms with Crippen molar-refractivity contribution in [2.75, 3.05) is 24.5 Å². The van der Waals surface area contributed by atoms with Crippen LogP contribution in [0.25, 0.3) is 0 Å². The molecule has 4 rings (SSSR count). The molecule has 0 radical (unpaired) electrons. The lowest BCUT2D eigenvalue weighted by Crippen LogP contribution is -2.45. The zero-order valence-corrected chi connectivity index (χ0v) is 14.2. The van der Waals surface area contributed by atoms with Crippen molar-refractivity contribution in [2.45, 2.75) is 31.3 Å². The number of thiophene rings is 1. The summed E-state index contributed by atoms with van der Waals surface area (Å²) in [5, 5.41) is 13.6. The van der Waals surface area contributed by atoms with E-state index in [9.17, 15) is 9.90 Å². The van der Waals surface area contributed by atoms with Gasteiger partial charge in [0.1, 0.15) is 5.60 Å². The summed E-state index contributed by atoms with van der Waals surface area (Å²) in [5.74, 6) is 0.534. The third kappa shape index (κ3) is 3.01. The average molecular weight is 344 g/mol. The van der Waals surface area contributed by atoms with E-state index in [1.54, 1.807) is 29.8 Å². The van der Waals surface area contributed by atoms with E-state index >= 15 is 0 Å². The lowest BCUT2D eigenvalue weighted by molar-refractivity contribution is 0.0576. The zero-order chi connectivity index (χ0) is 16.6. The predicted molar refractivity (Wildman–Crippen MR) is 92.5 cm³/mol. The number of nitrogens with zero attached hydrogens (tertiary/aromatic N) is 3. The van der Waals surface area contributed by atoms with E-state index in [0.29, 0.717) is 25.5 Å². The molecule has 1 fully saturated rings. The Labute approximate surface area is 144 Å². The number of aliphatic hydroxyl groups is 1. The largest absolute Gasteiger partial charge is 0.386 e. The van der Waals surface area contributed by atoms with Crippen LogP contribution in [0.3, 0.4) is 0 Å². The summed E-state index contributed by atoms with van der Waals surface area (Å²) in [4.78, 5) is 24.8. The Bertz CT molecular complexity index is 727. The van der Waals surface area contributed by atoms with Crippen molar-refractivity contribution in [1.82, 2.24) is 15.3 Å². The summed E-state index contributed by atoms with van der Waals surface area (Å²) in [6.07, 6.45) is 7.33. The minimum Gasteiger partial charge on any atom is -0.386 e. The third-order valence-corrected chi connectivity index (χ3v) is 5.95. The van der Waals surface area contributed by atoms with Crippen LogP contribution in [0.1, 0.15) is 33.0 Å². The van der Waals surface area contributed by atoms with Crippen LogP contribution in [-0.4, -0.2) is 46.2 Å². The maximum atomic E-state index is 12.4. The van der Waals surface area contributed by atoms with Crippen molar-refractivity contribution >= 4 is 23.2 Å². The van der Waals surface area contributed by atoms with Gasteiger partial charge in [-0.2, -0.15) is 0 Å². The highest BCUT2D eigenvalue weighted by Crippen LogP contribution is 2.30. The van der Waals surface area contributed by atoms with Crippen molar-refractivity contribution in [2.24, 2.45) is 0 Å². The van der Waals surface area contributed by atoms with Gasteiger partial charge in [0.05, 0.1) is 11.4 Å². The number of anilines is 1. The summed E-state index contributed by atoms with van der Waals surface area (Å²) < 4.78 is 0. The van der Waals surface area contributed by atoms with Gasteiger partial charge in [0, 0.05) is 30.4 Å². The topological polar surface area (TPSA) is 78.4 Å². The van der Waals surface area contributed by atoms with E-state index in [1.807, 2.05) is 11.0 Å². The molecule has 2 aromatic heterocycles. The van der Waals surface area contributed by atoms with Gasteiger partial charge < -0.3 is 15.3 Å². The molecule has 24 heavy (non-hydrogen) atoms. The summed E-state index contributed by atoms with van der Waals surface area (Å²) >= 11 is 1.58. The second-order valence-corrected chi connectivity index (χ2v) is 7.68. The molecule has 0 spiro atoms. The third-order valence-electron chi connectivity index (χ3n) is 4.72. The van der Waals surface area contributed by atoms with E-state index in [0.717, 1.165) is 17.7 Å². The number of aromatic nitrogens is 2. The van der Waals surface area contributed by atoms with Crippen molar-refractivity contribution in [3.05, 3.63) is 39.8 Å². The molecule has 1 aliphatic heterocycles. The molecular weight excluding hydrogens is 324 g/mol. The number of fused-ring (bicyclic) bond motifs is 1. The van der Waals surface area contributed by atoms with E-state index in [1.165, 1.54) is 16.9 Å². The second-order valence-electron chi connectivity index (χ2n) is 6.54. The van der Waals surface area contributed by atoms with Crippen LogP contribution in [0.4, 0.5) is 5.95 Å². The second kappa shape index (κ2) is 6.14. The SMILES string of the molecule is O=C(NC[C@]1(O)CCN(c2ncccn2)C1)c1cc2c(s1)CCC2. The number of carbonyl (C=O) groups excluding carboxylic acids is 1. The van der Waals surface area contributed by atoms with Gasteiger partial charge in [0.25, 0.3) is 5.91 Å². The van der Waals surface area contributed by atoms with Gasteiger partial charge in [0.2, 0.25) is 5.95 Å². The Morgan fingerprint density at radius 3 is 3.00 bits per heavy atom. The van der Waals surface area contributed by atoms with E-state index in [-0.39, 0.29) is 12.5 Å². The van der Waals surface area contributed by atoms with Crippen molar-refractivity contribution in [3.63, 3.8) is 0 Å². The van der Waals surface area contributed by atoms with Gasteiger partial charge >= 0.3 is 0 Å². The highest BCUT2D eigenvalue weighted by Gasteiger charge is 2.37. The van der Waals surface area contributed by atoms with Crippen molar-refractivity contribution in [1.29, 1.82) is 0 Å². The Morgan fingerprint density at radius 1 is 1.38 bits per heavy atom. The van der Waals surface area contributed by atoms with Gasteiger partial charge in [0.15, 0.2) is 0 Å². The lowest BCUT2D eigenvalue weighted by Gasteiger charge is -2.23. The molecule has 1 atom stereocenters. The van der Waals surface area contributed by atoms with E-state index in [2.05, 4.69) is 15.3 Å². The Balaban J connectivity index is 1.36. The lowest BCUT2D eigenvalue weighted by atomic mass is 10.0. The van der Waals surface area contributed by atoms with Gasteiger partial charge in [-0.1, -0.05) is 0 Å². The number of aryl methyl sites for hydroxylation is 2. The number of rotatable bonds is 4. The normalized spacial score (nSPS) is 22.6. The van der Waals surface area contributed by atoms with Crippen LogP contribution in [0, 0.1) is 0 Å². The molecule has 1 saturated heterocycles. The Kier molecular flexibility index (Phi) is 3.97. The molecule has 1 amide bonds. The number of β-amino-alcohol motifs (C(OH)–C–C–N with tert-alkyl or cyclic N) is 1. The maximum Gasteiger partial charge on any atom is 0.261 e. The summed E-state index contributed by atoms with van der Waals surface area (Å²) in [6.45, 7) is 1.36. The fraction of sp³-hybridized carbons (Fsp3) is 0.471. The smallest absolute Gasteiger partial charge is 0.261 e. The first kappa shape index (κ1) is 15.5. The van der Waals surface area contributed by atoms with Crippen molar-refractivity contribution in [3.8, 4) is 0 Å². The van der Waals surface area contributed by atoms with Crippen LogP contribution >= 0.6 is 11.3 Å². The molecule has 1 aliphatic carbocycles. The molecule has 0 saturated carbocycles. The summed E-state index contributed by atoms with van der Waals surface area (Å²) in [7, 11) is 0. The summed E-state index contributed by atoms with van der Waals surface area (Å²) in [6, 6.07) is 3.77. The number of nitrogens with one attached hydrogen (secondary N) is 1. The van der Waals surface area contributed by atoms with Gasteiger partial charge in [-0.15, -0.1) is 11.3 Å². The van der Waals surface area contributed by atoms with Crippen LogP contribution in [0.2, 0.25) is 0 Å². The maximum absolute atomic E-state index is 12.4. The molecule has 6 nitrogen and oxygen atoms in total. The van der Waals surface area contributed by atoms with Gasteiger partial charge in [-0.05, 0) is 43.4 Å². The molecule has 126 valence electrons. The van der Waals surface area contributed by atoms with Crippen molar-refractivity contribution < 1.29 is 9.90 Å². The highest BCUT2D eigenvalue weighted by molar-refractivity contribution is 7.14. The van der Waals surface area contributed by atoms with E-state index in [4.69, 9.17) is 0 Å². The fourth-order valence-electron chi connectivity index (χ4n) is 3.40. The van der Waals surface area contributed by atoms with Gasteiger partial charge in [-0.25, -0.2) is 9.97 Å². The van der Waals surface area contributed by atoms with Gasteiger partial charge in [-0.3, -0.25) is 4.79 Å². The zero-order valence-electron chi connectivity index (χ0n) is 13.4. The van der Waals surface area contributed by atoms with E-state index < -0.39 is 5.60 Å². The minimum atomic E-state index is -0.936. The molecule has 7 heteroatoms. The first-order chi connectivity index (χ1) is 11.6. The first-order valence-corrected chi connectivity index (χ1v) is 9.09. The predicted octanol–water partition coefficient (Wildman–Crippen LogP) is 1.40. The monoisotopic (exact) mass is 344 g/mol. The van der Waals surface area contributed by atoms with Crippen LogP contribution in [0.15, 0.2) is 24.5 Å². The van der Waals surface area contributed by atoms with Crippen LogP contribution in [0.5, 0.6) is 0 Å². The molecule has 2 N–H and O–H groups in total. The minimum absolute atomic E-state index is 0.0859. The Morgan fingerprint density at radius 2 is 2.21 bits per heavy atom. The molecular formula is C17H20N4O2S. The summed E-state index contributed by atoms with van der Waals surface area (Å²) in [5.41, 5.74) is 0.381. The molecule has 2 aliphatic rings. The Hall–Kier alpha value is -1.99. The molecule has 0 aromatic carbocycles. The molecule has 0 bridgehead atoms. The number of carbonyl (C=O) groups is 1. The molecule has 0 unspecified atom stereocenters. The number of hydrogen-bond acceptors (Lipinski definition) is 6. The quantitative estimate of drug-likeness (QED) is 0.876. The van der Waals surface area contributed by atoms with Crippen LogP contribution < -0.4 is 10.2 Å². The highest BCUT2D eigenvalue weighted by atomic mass is 32.1. The fourth-order valence-corrected chi connectivity index (χ4v) is 4.57. The average Bonchev–Trinajstić information content (AvgIpc) is 3.28. The van der Waals surface area contributed by atoms with Crippen LogP contribution in [-0.2, 0) is 12.8 Å². The standard InChI is InChI=1S/C17H20N4O2S/c22-15(14-9-12-3-1-4-13(12)24-14)20-10-17(23)5-8-21(11-17)16-18-6-2-7-19-16/h2,6-7,9,23H,1,3-5,8,10-11H2,(H,20,22)/t17-/m1/s1. The molecule has 2 aromatic rings. The number of amides is 1. The number of hydrogen-bond donors (Lipinski definition) is 2. The first-order valence-electron chi connectivity index (χ1n) is 8.27.